The largest absolute Gasteiger partial charge is 0.550 e. The van der Waals surface area contributed by atoms with Crippen molar-refractivity contribution in [1.82, 2.24) is 0 Å². The van der Waals surface area contributed by atoms with E-state index in [-0.39, 0.29) is 0 Å². The second-order valence-corrected chi connectivity index (χ2v) is 12.3. The second-order valence-electron chi connectivity index (χ2n) is 12.3. The number of carboxylic acids is 1. The molecule has 4 nitrogen and oxygen atoms in total. The van der Waals surface area contributed by atoms with Gasteiger partial charge in [0.1, 0.15) is 5.75 Å². The lowest BCUT2D eigenvalue weighted by Crippen LogP contribution is -2.41. The molecular formula is C36H61NO3. The van der Waals surface area contributed by atoms with E-state index in [9.17, 15) is 9.90 Å². The minimum atomic E-state index is -1.06. The highest BCUT2D eigenvalue weighted by atomic mass is 16.5. The average molecular weight is 556 g/mol. The van der Waals surface area contributed by atoms with Gasteiger partial charge in [-0.05, 0) is 54.2 Å². The van der Waals surface area contributed by atoms with Crippen LogP contribution >= 0.6 is 0 Å². The van der Waals surface area contributed by atoms with Crippen molar-refractivity contribution in [2.75, 3.05) is 34.3 Å². The molecule has 40 heavy (non-hydrogen) atoms. The molecule has 0 amide bonds. The summed E-state index contributed by atoms with van der Waals surface area (Å²) in [4.78, 5) is 10.8. The molecule has 0 saturated carbocycles. The number of nitrogens with zero attached hydrogens (tertiary/aromatic N) is 1. The van der Waals surface area contributed by atoms with Crippen LogP contribution in [0.25, 0.3) is 10.8 Å². The van der Waals surface area contributed by atoms with Crippen molar-refractivity contribution in [3.05, 3.63) is 42.0 Å². The molecule has 0 heterocycles. The third kappa shape index (κ3) is 16.3. The molecule has 0 aliphatic heterocycles. The van der Waals surface area contributed by atoms with E-state index in [0.717, 1.165) is 22.1 Å². The van der Waals surface area contributed by atoms with Crippen molar-refractivity contribution in [1.29, 1.82) is 0 Å². The molecule has 0 saturated heterocycles. The molecule has 2 aromatic rings. The monoisotopic (exact) mass is 555 g/mol. The Bertz CT molecular complexity index is 901. The maximum absolute atomic E-state index is 10.8. The molecule has 2 rings (SSSR count). The van der Waals surface area contributed by atoms with E-state index in [1.54, 1.807) is 14.0 Å². The lowest BCUT2D eigenvalue weighted by Gasteiger charge is -2.30. The van der Waals surface area contributed by atoms with Crippen molar-refractivity contribution < 1.29 is 19.1 Å². The molecule has 0 aliphatic rings. The Labute approximate surface area is 247 Å². The third-order valence-electron chi connectivity index (χ3n) is 8.16. The molecule has 0 fully saturated rings. The fourth-order valence-corrected chi connectivity index (χ4v) is 5.23. The molecule has 0 bridgehead atoms. The summed E-state index contributed by atoms with van der Waals surface area (Å²) in [6.07, 6.45) is 23.0. The first-order valence-corrected chi connectivity index (χ1v) is 16.3. The summed E-state index contributed by atoms with van der Waals surface area (Å²) in [7, 11) is 6.48. The van der Waals surface area contributed by atoms with Gasteiger partial charge in [-0.3, -0.25) is 0 Å². The molecule has 0 N–H and O–H groups in total. The van der Waals surface area contributed by atoms with E-state index < -0.39 is 11.9 Å². The summed E-state index contributed by atoms with van der Waals surface area (Å²) in [5.41, 5.74) is 0.752. The molecule has 0 spiro atoms. The van der Waals surface area contributed by atoms with Crippen LogP contribution in [0.2, 0.25) is 0 Å². The summed E-state index contributed by atoms with van der Waals surface area (Å²) in [5.74, 6) is -0.863. The van der Waals surface area contributed by atoms with E-state index in [2.05, 4.69) is 27.9 Å². The first-order chi connectivity index (χ1) is 19.2. The molecular weight excluding hydrogens is 494 g/mol. The minimum Gasteiger partial charge on any atom is -0.550 e. The quantitative estimate of drug-likeness (QED) is 0.114. The van der Waals surface area contributed by atoms with Gasteiger partial charge in [-0.15, -0.1) is 0 Å². The average Bonchev–Trinajstić information content (AvgIpc) is 2.95. The van der Waals surface area contributed by atoms with Gasteiger partial charge in [-0.1, -0.05) is 122 Å². The Morgan fingerprint density at radius 2 is 1.12 bits per heavy atom. The van der Waals surface area contributed by atoms with Gasteiger partial charge in [0.15, 0.2) is 0 Å². The number of rotatable bonds is 21. The maximum Gasteiger partial charge on any atom is 0.119 e. The molecule has 228 valence electrons. The van der Waals surface area contributed by atoms with Crippen LogP contribution in [0.1, 0.15) is 135 Å². The Morgan fingerprint density at radius 3 is 1.57 bits per heavy atom. The molecule has 1 atom stereocenters. The van der Waals surface area contributed by atoms with Crippen LogP contribution in [-0.4, -0.2) is 44.7 Å². The van der Waals surface area contributed by atoms with Gasteiger partial charge in [0.2, 0.25) is 0 Å². The Morgan fingerprint density at radius 1 is 0.700 bits per heavy atom. The first-order valence-electron chi connectivity index (χ1n) is 16.3. The molecule has 0 radical (unpaired) electrons. The van der Waals surface area contributed by atoms with Gasteiger partial charge in [-0.2, -0.15) is 0 Å². The van der Waals surface area contributed by atoms with Crippen molar-refractivity contribution in [2.24, 2.45) is 0 Å². The van der Waals surface area contributed by atoms with E-state index in [4.69, 9.17) is 4.74 Å². The molecule has 4 heteroatoms. The van der Waals surface area contributed by atoms with Crippen LogP contribution in [0.15, 0.2) is 36.4 Å². The number of carboxylic acid groups (broad SMARTS) is 1. The van der Waals surface area contributed by atoms with Crippen LogP contribution in [0.4, 0.5) is 0 Å². The van der Waals surface area contributed by atoms with Gasteiger partial charge in [0.05, 0.1) is 34.3 Å². The number of unbranched alkanes of at least 4 members (excludes halogenated alkanes) is 14. The van der Waals surface area contributed by atoms with Gasteiger partial charge in [0.25, 0.3) is 0 Å². The molecule has 2 aromatic carbocycles. The van der Waals surface area contributed by atoms with Crippen LogP contribution in [0, 0.1) is 0 Å². The predicted octanol–water partition coefficient (Wildman–Crippen LogP) is 9.05. The number of hydrogen-bond acceptors (Lipinski definition) is 3. The van der Waals surface area contributed by atoms with Crippen molar-refractivity contribution in [2.45, 2.75) is 129 Å². The number of methoxy groups -OCH3 is 1. The highest BCUT2D eigenvalue weighted by Crippen LogP contribution is 2.25. The van der Waals surface area contributed by atoms with Crippen LogP contribution in [0.5, 0.6) is 5.75 Å². The van der Waals surface area contributed by atoms with Crippen molar-refractivity contribution in [3.63, 3.8) is 0 Å². The molecule has 0 aliphatic carbocycles. The summed E-state index contributed by atoms with van der Waals surface area (Å²) in [5, 5.41) is 12.8. The standard InChI is InChI=1S/C22H48N.C14H14O3/c1-5-7-9-11-13-15-17-19-21-23(3,4)22-20-18-16-14-12-10-8-6-2;1-9(14(15)16)10-3-4-12-8-13(17-2)6-5-11(12)7-10/h5-22H2,1-4H3;3-9H,1-2H3,(H,15,16)/q+1;/p-1/t;9-/m.0/s1. The predicted molar refractivity (Wildman–Crippen MR) is 171 cm³/mol. The van der Waals surface area contributed by atoms with Gasteiger partial charge in [0, 0.05) is 11.9 Å². The van der Waals surface area contributed by atoms with Gasteiger partial charge in [-0.25, -0.2) is 0 Å². The number of fused-ring (bicyclic) bond motifs is 1. The van der Waals surface area contributed by atoms with Crippen LogP contribution in [-0.2, 0) is 4.79 Å². The van der Waals surface area contributed by atoms with E-state index in [0.29, 0.717) is 0 Å². The first kappa shape index (κ1) is 36.0. The zero-order valence-corrected chi connectivity index (χ0v) is 26.9. The fraction of sp³-hybridized carbons (Fsp3) is 0.694. The van der Waals surface area contributed by atoms with E-state index >= 15 is 0 Å². The smallest absolute Gasteiger partial charge is 0.119 e. The lowest BCUT2D eigenvalue weighted by molar-refractivity contribution is -0.890. The number of quaternary nitrogens is 1. The number of ether oxygens (including phenoxy) is 1. The Hall–Kier alpha value is -2.07. The number of benzene rings is 2. The SMILES string of the molecule is CCCCCCCCCC[N+](C)(C)CCCCCCCCCC.COc1ccc2cc([C@H](C)C(=O)[O-])ccc2c1. The van der Waals surface area contributed by atoms with Gasteiger partial charge >= 0.3 is 0 Å². The summed E-state index contributed by atoms with van der Waals surface area (Å²) < 4.78 is 6.38. The molecule has 0 unspecified atom stereocenters. The fourth-order valence-electron chi connectivity index (χ4n) is 5.23. The van der Waals surface area contributed by atoms with Crippen LogP contribution < -0.4 is 9.84 Å². The zero-order valence-electron chi connectivity index (χ0n) is 26.9. The summed E-state index contributed by atoms with van der Waals surface area (Å²) >= 11 is 0. The summed E-state index contributed by atoms with van der Waals surface area (Å²) in [6, 6.07) is 11.3. The maximum atomic E-state index is 10.8. The van der Waals surface area contributed by atoms with E-state index in [1.165, 1.54) is 120 Å². The van der Waals surface area contributed by atoms with Crippen LogP contribution in [0.3, 0.4) is 0 Å². The Balaban J connectivity index is 0.000000415. The van der Waals surface area contributed by atoms with Crippen molar-refractivity contribution in [3.8, 4) is 5.75 Å². The molecule has 0 aromatic heterocycles. The highest BCUT2D eigenvalue weighted by Gasteiger charge is 2.13. The third-order valence-corrected chi connectivity index (χ3v) is 8.16. The summed E-state index contributed by atoms with van der Waals surface area (Å²) in [6.45, 7) is 8.98. The normalized spacial score (nSPS) is 12.2. The minimum absolute atomic E-state index is 0.596. The number of hydrogen-bond donors (Lipinski definition) is 0. The zero-order chi connectivity index (χ0) is 29.6. The van der Waals surface area contributed by atoms with Gasteiger partial charge < -0.3 is 19.1 Å². The van der Waals surface area contributed by atoms with E-state index in [1.807, 2.05) is 36.4 Å². The Kier molecular flexibility index (Phi) is 19.5. The second kappa shape index (κ2) is 21.6. The lowest BCUT2D eigenvalue weighted by atomic mass is 9.98. The topological polar surface area (TPSA) is 49.4 Å². The number of aliphatic carboxylic acids is 1. The van der Waals surface area contributed by atoms with Crippen molar-refractivity contribution >= 4 is 16.7 Å². The number of carbonyl (C=O) groups excluding carboxylic acids is 1. The highest BCUT2D eigenvalue weighted by molar-refractivity contribution is 5.86. The number of carbonyl (C=O) groups is 1.